The molecule has 0 radical (unpaired) electrons. The highest BCUT2D eigenvalue weighted by Gasteiger charge is 2.22. The Kier molecular flexibility index (Phi) is 6.48. The molecule has 0 saturated carbocycles. The van der Waals surface area contributed by atoms with Crippen molar-refractivity contribution in [2.24, 2.45) is 5.73 Å². The number of halogens is 4. The van der Waals surface area contributed by atoms with Gasteiger partial charge >= 0.3 is 0 Å². The van der Waals surface area contributed by atoms with Gasteiger partial charge in [-0.15, -0.1) is 0 Å². The van der Waals surface area contributed by atoms with Crippen molar-refractivity contribution in [2.45, 2.75) is 19.1 Å². The van der Waals surface area contributed by atoms with Crippen LogP contribution in [0.2, 0.25) is 0 Å². The Hall–Kier alpha value is -3.96. The molecule has 0 bridgehead atoms. The van der Waals surface area contributed by atoms with Crippen molar-refractivity contribution >= 4 is 17.6 Å². The van der Waals surface area contributed by atoms with Gasteiger partial charge in [0.05, 0.1) is 6.42 Å². The van der Waals surface area contributed by atoms with E-state index >= 15 is 0 Å². The number of carbonyl (C=O) groups is 2. The molecule has 3 N–H and O–H groups in total. The monoisotopic (exact) mass is 437 g/mol. The molecule has 2 amide bonds. The van der Waals surface area contributed by atoms with Gasteiger partial charge in [-0.1, -0.05) is 6.07 Å². The van der Waals surface area contributed by atoms with Gasteiger partial charge in [0.1, 0.15) is 5.56 Å². The Morgan fingerprint density at radius 2 is 1.97 bits per heavy atom. The highest BCUT2D eigenvalue weighted by molar-refractivity contribution is 5.95. The molecule has 0 aliphatic rings. The Morgan fingerprint density at radius 1 is 1.19 bits per heavy atom. The third-order valence-corrected chi connectivity index (χ3v) is 3.94. The van der Waals surface area contributed by atoms with E-state index in [2.05, 4.69) is 15.4 Å². The van der Waals surface area contributed by atoms with Crippen LogP contribution in [-0.4, -0.2) is 33.0 Å². The molecule has 2 aromatic heterocycles. The minimum Gasteiger partial charge on any atom is -0.435 e. The lowest BCUT2D eigenvalue weighted by Crippen LogP contribution is -2.17. The fraction of sp³-hybridized carbons (Fsp3) is 0.158. The lowest BCUT2D eigenvalue weighted by Gasteiger charge is -2.10. The van der Waals surface area contributed by atoms with Gasteiger partial charge in [0.25, 0.3) is 18.6 Å². The van der Waals surface area contributed by atoms with E-state index in [0.717, 1.165) is 18.3 Å². The fourth-order valence-electron chi connectivity index (χ4n) is 2.53. The number of hydrogen-bond acceptors (Lipinski definition) is 5. The molecule has 31 heavy (non-hydrogen) atoms. The van der Waals surface area contributed by atoms with Gasteiger partial charge in [-0.25, -0.2) is 27.2 Å². The summed E-state index contributed by atoms with van der Waals surface area (Å²) in [4.78, 5) is 27.3. The number of benzene rings is 1. The van der Waals surface area contributed by atoms with Crippen molar-refractivity contribution in [1.29, 1.82) is 0 Å². The van der Waals surface area contributed by atoms with Crippen molar-refractivity contribution in [3.8, 4) is 11.6 Å². The van der Waals surface area contributed by atoms with Crippen LogP contribution < -0.4 is 15.8 Å². The number of amides is 2. The van der Waals surface area contributed by atoms with Crippen molar-refractivity contribution in [3.63, 3.8) is 0 Å². The zero-order valence-corrected chi connectivity index (χ0v) is 15.6. The number of nitrogens with one attached hydrogen (secondary N) is 1. The fourth-order valence-corrected chi connectivity index (χ4v) is 2.53. The lowest BCUT2D eigenvalue weighted by atomic mass is 10.1. The Bertz CT molecular complexity index is 1110. The number of anilines is 1. The number of hydrogen-bond donors (Lipinski definition) is 2. The first kappa shape index (κ1) is 21.7. The van der Waals surface area contributed by atoms with Crippen LogP contribution in [-0.2, 0) is 11.2 Å². The topological polar surface area (TPSA) is 112 Å². The van der Waals surface area contributed by atoms with Gasteiger partial charge in [0.2, 0.25) is 11.8 Å². The Morgan fingerprint density at radius 3 is 2.65 bits per heavy atom. The zero-order chi connectivity index (χ0) is 22.5. The second-order valence-corrected chi connectivity index (χ2v) is 6.20. The normalized spacial score (nSPS) is 11.9. The second-order valence-electron chi connectivity index (χ2n) is 6.20. The first-order valence-electron chi connectivity index (χ1n) is 8.73. The van der Waals surface area contributed by atoms with Gasteiger partial charge in [-0.05, 0) is 29.8 Å². The largest absolute Gasteiger partial charge is 0.435 e. The zero-order valence-electron chi connectivity index (χ0n) is 15.6. The van der Waals surface area contributed by atoms with E-state index in [1.165, 1.54) is 30.5 Å². The molecule has 0 aliphatic heterocycles. The molecule has 1 unspecified atom stereocenters. The molecule has 0 aliphatic carbocycles. The molecule has 0 saturated heterocycles. The average molecular weight is 437 g/mol. The van der Waals surface area contributed by atoms with Crippen LogP contribution in [0.4, 0.5) is 23.4 Å². The highest BCUT2D eigenvalue weighted by atomic mass is 19.3. The third kappa shape index (κ3) is 5.35. The first-order chi connectivity index (χ1) is 14.7. The van der Waals surface area contributed by atoms with Crippen LogP contribution in [0, 0.1) is 5.82 Å². The summed E-state index contributed by atoms with van der Waals surface area (Å²) in [7, 11) is 0. The van der Waals surface area contributed by atoms with Crippen LogP contribution in [0.1, 0.15) is 22.2 Å². The molecule has 0 fully saturated rings. The minimum absolute atomic E-state index is 0.0350. The van der Waals surface area contributed by atoms with Crippen LogP contribution >= 0.6 is 0 Å². The number of alkyl halides is 3. The maximum atomic E-state index is 14.4. The maximum absolute atomic E-state index is 14.4. The van der Waals surface area contributed by atoms with Crippen molar-refractivity contribution in [1.82, 2.24) is 14.8 Å². The Balaban J connectivity index is 1.65. The molecule has 8 nitrogen and oxygen atoms in total. The van der Waals surface area contributed by atoms with E-state index in [1.807, 2.05) is 0 Å². The summed E-state index contributed by atoms with van der Waals surface area (Å²) in [6.45, 7) is 0. The SMILES string of the molecule is NC(=O)c1cccnc1Oc1ccc(CC(=O)Nc2ccn(C(F)C(F)F)n2)cc1F. The molecule has 2 heterocycles. The van der Waals surface area contributed by atoms with Gasteiger partial charge < -0.3 is 15.8 Å². The number of pyridine rings is 1. The minimum atomic E-state index is -3.27. The number of nitrogens with two attached hydrogens (primary N) is 1. The number of aromatic nitrogens is 3. The summed E-state index contributed by atoms with van der Waals surface area (Å²) in [5.74, 6) is -2.82. The van der Waals surface area contributed by atoms with Crippen molar-refractivity contribution in [2.75, 3.05) is 5.32 Å². The van der Waals surface area contributed by atoms with Gasteiger partial charge in [0, 0.05) is 18.5 Å². The summed E-state index contributed by atoms with van der Waals surface area (Å²) in [6, 6.07) is 7.66. The van der Waals surface area contributed by atoms with E-state index < -0.39 is 30.4 Å². The van der Waals surface area contributed by atoms with E-state index in [9.17, 15) is 27.2 Å². The van der Waals surface area contributed by atoms with Crippen LogP contribution in [0.5, 0.6) is 11.6 Å². The molecular weight excluding hydrogens is 422 g/mol. The maximum Gasteiger partial charge on any atom is 0.289 e. The molecular formula is C19H15F4N5O3. The summed E-state index contributed by atoms with van der Waals surface area (Å²) < 4.78 is 58.0. The van der Waals surface area contributed by atoms with Crippen LogP contribution in [0.25, 0.3) is 0 Å². The molecule has 3 rings (SSSR count). The summed E-state index contributed by atoms with van der Waals surface area (Å²) in [6.07, 6.45) is -3.89. The van der Waals surface area contributed by atoms with Gasteiger partial charge in [0.15, 0.2) is 17.4 Å². The lowest BCUT2D eigenvalue weighted by molar-refractivity contribution is -0.115. The highest BCUT2D eigenvalue weighted by Crippen LogP contribution is 2.26. The van der Waals surface area contributed by atoms with Crippen LogP contribution in [0.15, 0.2) is 48.8 Å². The number of carbonyl (C=O) groups excluding carboxylic acids is 2. The van der Waals surface area contributed by atoms with E-state index in [-0.39, 0.29) is 35.0 Å². The molecule has 12 heteroatoms. The number of primary amides is 1. The standard InChI is InChI=1S/C19H15F4N5O3/c20-12-8-10(3-4-13(12)31-19-11(18(24)30)2-1-6-25-19)9-15(29)26-14-5-7-28(27-14)17(23)16(21)22/h1-8,16-17H,9H2,(H2,24,30)(H,26,27,29). The van der Waals surface area contributed by atoms with E-state index in [1.54, 1.807) is 0 Å². The van der Waals surface area contributed by atoms with E-state index in [4.69, 9.17) is 10.5 Å². The smallest absolute Gasteiger partial charge is 0.289 e. The Labute approximate surface area is 172 Å². The third-order valence-electron chi connectivity index (χ3n) is 3.94. The number of ether oxygens (including phenoxy) is 1. The predicted molar refractivity (Wildman–Crippen MR) is 99.9 cm³/mol. The molecule has 1 atom stereocenters. The molecule has 3 aromatic rings. The summed E-state index contributed by atoms with van der Waals surface area (Å²) in [5, 5.41) is 5.81. The quantitative estimate of drug-likeness (QED) is 0.526. The summed E-state index contributed by atoms with van der Waals surface area (Å²) in [5.41, 5.74) is 5.44. The number of rotatable bonds is 8. The summed E-state index contributed by atoms with van der Waals surface area (Å²) >= 11 is 0. The average Bonchev–Trinajstić information content (AvgIpc) is 3.17. The molecule has 0 spiro atoms. The van der Waals surface area contributed by atoms with Gasteiger partial charge in [-0.2, -0.15) is 5.10 Å². The van der Waals surface area contributed by atoms with E-state index in [0.29, 0.717) is 4.68 Å². The van der Waals surface area contributed by atoms with Crippen molar-refractivity contribution in [3.05, 3.63) is 65.7 Å². The predicted octanol–water partition coefficient (Wildman–Crippen LogP) is 3.22. The number of nitrogens with zero attached hydrogens (tertiary/aromatic N) is 3. The molecule has 1 aromatic carbocycles. The van der Waals surface area contributed by atoms with Crippen molar-refractivity contribution < 1.29 is 31.9 Å². The second kappa shape index (κ2) is 9.24. The first-order valence-corrected chi connectivity index (χ1v) is 8.73. The molecule has 162 valence electrons. The van der Waals surface area contributed by atoms with Crippen LogP contribution in [0.3, 0.4) is 0 Å². The van der Waals surface area contributed by atoms with Gasteiger partial charge in [-0.3, -0.25) is 9.59 Å².